The van der Waals surface area contributed by atoms with Gasteiger partial charge in [-0.3, -0.25) is 0 Å². The molecule has 0 unspecified atom stereocenters. The molecule has 0 saturated carbocycles. The molecular weight excluding hydrogens is 375 g/mol. The predicted molar refractivity (Wildman–Crippen MR) is 82.5 cm³/mol. The van der Waals surface area contributed by atoms with Crippen molar-refractivity contribution in [1.29, 1.82) is 0 Å². The number of fused-ring (bicyclic) bond motifs is 2. The fourth-order valence-electron chi connectivity index (χ4n) is 2.45. The van der Waals surface area contributed by atoms with E-state index in [9.17, 15) is 19.2 Å². The Balaban J connectivity index is 1.77. The largest absolute Gasteiger partial charge is 0.454 e. The number of hydrogen-bond acceptors (Lipinski definition) is 7. The fourth-order valence-corrected chi connectivity index (χ4v) is 2.85. The first-order valence-electron chi connectivity index (χ1n) is 6.73. The molecule has 0 aromatic heterocycles. The van der Waals surface area contributed by atoms with Gasteiger partial charge in [-0.2, -0.15) is 0 Å². The van der Waals surface area contributed by atoms with Crippen molar-refractivity contribution in [3.8, 4) is 11.5 Å². The summed E-state index contributed by atoms with van der Waals surface area (Å²) in [6.45, 7) is 0. The lowest BCUT2D eigenvalue weighted by atomic mass is 10.1. The summed E-state index contributed by atoms with van der Waals surface area (Å²) < 4.78 is 14.5. The molecule has 0 bridgehead atoms. The van der Waals surface area contributed by atoms with Gasteiger partial charge in [0.05, 0.1) is 32.3 Å². The second kappa shape index (κ2) is 5.30. The zero-order chi connectivity index (χ0) is 17.9. The van der Waals surface area contributed by atoms with Gasteiger partial charge in [0.1, 0.15) is 11.5 Å². The summed E-state index contributed by atoms with van der Waals surface area (Å²) in [4.78, 5) is 46.2. The second-order valence-corrected chi connectivity index (χ2v) is 5.93. The van der Waals surface area contributed by atoms with Crippen molar-refractivity contribution in [2.75, 3.05) is 0 Å². The van der Waals surface area contributed by atoms with Gasteiger partial charge < -0.3 is 14.2 Å². The number of carbonyl (C=O) groups excluding carboxylic acids is 4. The maximum Gasteiger partial charge on any atom is 0.347 e. The van der Waals surface area contributed by atoms with Gasteiger partial charge in [-0.15, -0.1) is 0 Å². The van der Waals surface area contributed by atoms with E-state index in [0.29, 0.717) is 0 Å². The van der Waals surface area contributed by atoms with Gasteiger partial charge in [0.2, 0.25) is 0 Å². The number of halogens is 2. The molecule has 2 heterocycles. The molecule has 2 aliphatic rings. The smallest absolute Gasteiger partial charge is 0.347 e. The molecule has 0 saturated heterocycles. The topological polar surface area (TPSA) is 96.0 Å². The minimum absolute atomic E-state index is 0.00345. The van der Waals surface area contributed by atoms with E-state index in [1.165, 1.54) is 24.3 Å². The summed E-state index contributed by atoms with van der Waals surface area (Å²) in [5.74, 6) is -3.21. The first-order chi connectivity index (χ1) is 11.8. The molecule has 2 aliphatic heterocycles. The maximum atomic E-state index is 11.6. The lowest BCUT2D eigenvalue weighted by Crippen LogP contribution is -1.97. The fraction of sp³-hybridized carbons (Fsp3) is 0. The third kappa shape index (κ3) is 2.36. The molecule has 0 aliphatic carbocycles. The van der Waals surface area contributed by atoms with Crippen LogP contribution in [0.25, 0.3) is 0 Å². The van der Waals surface area contributed by atoms with Crippen LogP contribution in [0.1, 0.15) is 41.4 Å². The Bertz CT molecular complexity index is 944. The zero-order valence-corrected chi connectivity index (χ0v) is 13.4. The van der Waals surface area contributed by atoms with Gasteiger partial charge in [0.15, 0.2) is 0 Å². The van der Waals surface area contributed by atoms with Crippen molar-refractivity contribution in [3.05, 3.63) is 56.6 Å². The normalized spacial score (nSPS) is 15.0. The lowest BCUT2D eigenvalue weighted by molar-refractivity contribution is 0.0425. The average Bonchev–Trinajstić information content (AvgIpc) is 2.97. The summed E-state index contributed by atoms with van der Waals surface area (Å²) >= 11 is 12.1. The van der Waals surface area contributed by atoms with E-state index in [0.717, 1.165) is 0 Å². The summed E-state index contributed by atoms with van der Waals surface area (Å²) in [7, 11) is 0. The van der Waals surface area contributed by atoms with E-state index in [2.05, 4.69) is 9.47 Å². The van der Waals surface area contributed by atoms with Crippen molar-refractivity contribution in [2.24, 2.45) is 0 Å². The lowest BCUT2D eigenvalue weighted by Gasteiger charge is -2.10. The summed E-state index contributed by atoms with van der Waals surface area (Å²) in [6, 6.07) is 4.94. The van der Waals surface area contributed by atoms with Gasteiger partial charge in [0.25, 0.3) is 0 Å². The monoisotopic (exact) mass is 378 g/mol. The first-order valence-corrected chi connectivity index (χ1v) is 7.48. The quantitative estimate of drug-likeness (QED) is 0.583. The van der Waals surface area contributed by atoms with Crippen LogP contribution in [0.2, 0.25) is 10.0 Å². The second-order valence-electron chi connectivity index (χ2n) is 5.11. The van der Waals surface area contributed by atoms with E-state index >= 15 is 0 Å². The zero-order valence-electron chi connectivity index (χ0n) is 11.9. The van der Waals surface area contributed by atoms with Crippen LogP contribution >= 0.6 is 23.2 Å². The number of hydrogen-bond donors (Lipinski definition) is 0. The molecule has 0 radical (unpaired) electrons. The van der Waals surface area contributed by atoms with Crippen molar-refractivity contribution in [2.45, 2.75) is 0 Å². The molecule has 2 aromatic rings. The minimum Gasteiger partial charge on any atom is -0.454 e. The van der Waals surface area contributed by atoms with Gasteiger partial charge >= 0.3 is 23.9 Å². The standard InChI is InChI=1S/C16H4Cl2O7/c17-9-1-5-7(15(21)24-13(5)19)3-11(9)23-12-4-8-6(2-10(12)18)14(20)25-16(8)22/h1-4H. The molecular formula is C16H4Cl2O7. The van der Waals surface area contributed by atoms with E-state index in [-0.39, 0.29) is 43.8 Å². The number of esters is 4. The van der Waals surface area contributed by atoms with Crippen LogP contribution in [0.3, 0.4) is 0 Å². The van der Waals surface area contributed by atoms with Crippen molar-refractivity contribution in [3.63, 3.8) is 0 Å². The Labute approximate surface area is 149 Å². The third-order valence-corrected chi connectivity index (χ3v) is 4.21. The molecule has 0 spiro atoms. The van der Waals surface area contributed by atoms with E-state index in [1.54, 1.807) is 0 Å². The Kier molecular flexibility index (Phi) is 3.31. The maximum absolute atomic E-state index is 11.6. The molecule has 0 amide bonds. The molecule has 25 heavy (non-hydrogen) atoms. The highest BCUT2D eigenvalue weighted by Crippen LogP contribution is 2.39. The summed E-state index contributed by atoms with van der Waals surface area (Å²) in [5, 5.41) is 0.0567. The highest BCUT2D eigenvalue weighted by Gasteiger charge is 2.33. The molecule has 4 rings (SSSR count). The van der Waals surface area contributed by atoms with Crippen LogP contribution in [0.15, 0.2) is 24.3 Å². The van der Waals surface area contributed by atoms with Gasteiger partial charge in [-0.1, -0.05) is 23.2 Å². The van der Waals surface area contributed by atoms with Gasteiger partial charge in [0, 0.05) is 0 Å². The van der Waals surface area contributed by atoms with Gasteiger partial charge in [-0.25, -0.2) is 19.2 Å². The Morgan fingerprint density at radius 1 is 0.600 bits per heavy atom. The minimum atomic E-state index is -0.823. The van der Waals surface area contributed by atoms with E-state index < -0.39 is 23.9 Å². The molecule has 0 fully saturated rings. The number of rotatable bonds is 2. The van der Waals surface area contributed by atoms with Crippen LogP contribution in [0, 0.1) is 0 Å². The molecule has 2 aromatic carbocycles. The van der Waals surface area contributed by atoms with E-state index in [1.807, 2.05) is 0 Å². The first kappa shape index (κ1) is 15.6. The van der Waals surface area contributed by atoms with Crippen LogP contribution in [0.5, 0.6) is 11.5 Å². The van der Waals surface area contributed by atoms with Crippen molar-refractivity contribution < 1.29 is 33.4 Å². The molecule has 9 heteroatoms. The number of benzene rings is 2. The number of carbonyl (C=O) groups is 4. The number of cyclic esters (lactones) is 4. The predicted octanol–water partition coefficient (Wildman–Crippen LogP) is 3.41. The third-order valence-electron chi connectivity index (χ3n) is 3.61. The Hall–Kier alpha value is -2.90. The van der Waals surface area contributed by atoms with Crippen LogP contribution < -0.4 is 4.74 Å². The van der Waals surface area contributed by atoms with Crippen LogP contribution in [-0.4, -0.2) is 23.9 Å². The number of ether oxygens (including phenoxy) is 3. The molecule has 0 atom stereocenters. The average molecular weight is 379 g/mol. The summed E-state index contributed by atoms with van der Waals surface area (Å²) in [5.41, 5.74) is 0.0423. The Morgan fingerprint density at radius 3 is 1.28 bits per heavy atom. The Morgan fingerprint density at radius 2 is 0.920 bits per heavy atom. The molecule has 7 nitrogen and oxygen atoms in total. The SMILES string of the molecule is O=C1OC(=O)c2cc(Oc3cc4c(cc3Cl)C(=O)OC4=O)c(Cl)cc21. The van der Waals surface area contributed by atoms with Gasteiger partial charge in [-0.05, 0) is 24.3 Å². The highest BCUT2D eigenvalue weighted by atomic mass is 35.5. The van der Waals surface area contributed by atoms with E-state index in [4.69, 9.17) is 27.9 Å². The molecule has 124 valence electrons. The van der Waals surface area contributed by atoms with Crippen LogP contribution in [-0.2, 0) is 9.47 Å². The van der Waals surface area contributed by atoms with Crippen molar-refractivity contribution >= 4 is 47.1 Å². The van der Waals surface area contributed by atoms with Crippen LogP contribution in [0.4, 0.5) is 0 Å². The molecule has 0 N–H and O–H groups in total. The summed E-state index contributed by atoms with van der Waals surface area (Å²) in [6.07, 6.45) is 0. The highest BCUT2D eigenvalue weighted by molar-refractivity contribution is 6.34. The van der Waals surface area contributed by atoms with Crippen molar-refractivity contribution in [1.82, 2.24) is 0 Å².